The van der Waals surface area contributed by atoms with Crippen molar-refractivity contribution in [1.29, 1.82) is 0 Å². The number of hydrogen-bond acceptors (Lipinski definition) is 2. The summed E-state index contributed by atoms with van der Waals surface area (Å²) >= 11 is 3.50. The number of hydrogen-bond donors (Lipinski definition) is 1. The van der Waals surface area contributed by atoms with Crippen molar-refractivity contribution < 1.29 is 0 Å². The first-order valence-corrected chi connectivity index (χ1v) is 5.53. The molecule has 3 nitrogen and oxygen atoms in total. The fraction of sp³-hybridized carbons (Fsp3) is 0.182. The Balaban J connectivity index is 2.33. The summed E-state index contributed by atoms with van der Waals surface area (Å²) in [5.41, 5.74) is 2.23. The largest absolute Gasteiger partial charge is 0.316 e. The van der Waals surface area contributed by atoms with E-state index in [1.165, 1.54) is 5.56 Å². The van der Waals surface area contributed by atoms with Gasteiger partial charge in [-0.3, -0.25) is 0 Å². The van der Waals surface area contributed by atoms with Gasteiger partial charge in [0.1, 0.15) is 0 Å². The SMILES string of the molecule is CNCc1cnn(-c2ccccc2Br)c1. The molecule has 1 aromatic heterocycles. The topological polar surface area (TPSA) is 29.9 Å². The molecule has 78 valence electrons. The molecule has 15 heavy (non-hydrogen) atoms. The minimum atomic E-state index is 0.838. The lowest BCUT2D eigenvalue weighted by atomic mass is 10.3. The van der Waals surface area contributed by atoms with Crippen LogP contribution in [0.15, 0.2) is 41.1 Å². The van der Waals surface area contributed by atoms with Gasteiger partial charge in [-0.25, -0.2) is 4.68 Å². The zero-order valence-electron chi connectivity index (χ0n) is 8.44. The van der Waals surface area contributed by atoms with E-state index in [2.05, 4.69) is 26.3 Å². The van der Waals surface area contributed by atoms with E-state index in [4.69, 9.17) is 0 Å². The van der Waals surface area contributed by atoms with Gasteiger partial charge in [0.25, 0.3) is 0 Å². The van der Waals surface area contributed by atoms with Crippen LogP contribution in [0.25, 0.3) is 5.69 Å². The highest BCUT2D eigenvalue weighted by molar-refractivity contribution is 9.10. The van der Waals surface area contributed by atoms with Gasteiger partial charge in [-0.1, -0.05) is 12.1 Å². The highest BCUT2D eigenvalue weighted by atomic mass is 79.9. The van der Waals surface area contributed by atoms with Gasteiger partial charge in [-0.15, -0.1) is 0 Å². The maximum absolute atomic E-state index is 4.31. The minimum Gasteiger partial charge on any atom is -0.316 e. The average Bonchev–Trinajstić information content (AvgIpc) is 2.68. The van der Waals surface area contributed by atoms with Crippen LogP contribution in [0.3, 0.4) is 0 Å². The van der Waals surface area contributed by atoms with E-state index >= 15 is 0 Å². The van der Waals surface area contributed by atoms with Crippen LogP contribution in [0.2, 0.25) is 0 Å². The molecule has 2 rings (SSSR count). The molecular formula is C11H12BrN3. The van der Waals surface area contributed by atoms with Crippen LogP contribution in [0.4, 0.5) is 0 Å². The van der Waals surface area contributed by atoms with Crippen LogP contribution in [0, 0.1) is 0 Å². The molecule has 0 saturated heterocycles. The molecule has 0 amide bonds. The predicted octanol–water partition coefficient (Wildman–Crippen LogP) is 2.35. The summed E-state index contributed by atoms with van der Waals surface area (Å²) in [6.45, 7) is 0.838. The van der Waals surface area contributed by atoms with Gasteiger partial charge in [0.15, 0.2) is 0 Å². The fourth-order valence-electron chi connectivity index (χ4n) is 1.42. The smallest absolute Gasteiger partial charge is 0.0787 e. The summed E-state index contributed by atoms with van der Waals surface area (Å²) < 4.78 is 2.92. The monoisotopic (exact) mass is 265 g/mol. The highest BCUT2D eigenvalue weighted by Crippen LogP contribution is 2.19. The number of nitrogens with zero attached hydrogens (tertiary/aromatic N) is 2. The third-order valence-corrected chi connectivity index (χ3v) is 2.79. The van der Waals surface area contributed by atoms with E-state index in [-0.39, 0.29) is 0 Å². The molecule has 4 heteroatoms. The lowest BCUT2D eigenvalue weighted by molar-refractivity contribution is 0.816. The molecule has 0 radical (unpaired) electrons. The maximum atomic E-state index is 4.31. The van der Waals surface area contributed by atoms with Crippen LogP contribution >= 0.6 is 15.9 Å². The zero-order valence-corrected chi connectivity index (χ0v) is 10.0. The van der Waals surface area contributed by atoms with Gasteiger partial charge in [0.2, 0.25) is 0 Å². The lowest BCUT2D eigenvalue weighted by Gasteiger charge is -2.02. The molecule has 0 aliphatic rings. The fourth-order valence-corrected chi connectivity index (χ4v) is 1.89. The Labute approximate surface area is 97.2 Å². The second-order valence-corrected chi connectivity index (χ2v) is 4.13. The molecule has 0 spiro atoms. The Hall–Kier alpha value is -1.13. The van der Waals surface area contributed by atoms with E-state index in [1.807, 2.05) is 48.4 Å². The third-order valence-electron chi connectivity index (χ3n) is 2.12. The van der Waals surface area contributed by atoms with Gasteiger partial charge in [-0.05, 0) is 35.1 Å². The second kappa shape index (κ2) is 4.59. The lowest BCUT2D eigenvalue weighted by Crippen LogP contribution is -2.03. The number of rotatable bonds is 3. The minimum absolute atomic E-state index is 0.838. The molecule has 2 aromatic rings. The number of para-hydroxylation sites is 1. The van der Waals surface area contributed by atoms with E-state index in [1.54, 1.807) is 0 Å². The van der Waals surface area contributed by atoms with E-state index in [0.29, 0.717) is 0 Å². The molecule has 1 aromatic carbocycles. The number of nitrogens with one attached hydrogen (secondary N) is 1. The summed E-state index contributed by atoms with van der Waals surface area (Å²) in [6.07, 6.45) is 3.90. The van der Waals surface area contributed by atoms with Crippen LogP contribution in [0.5, 0.6) is 0 Å². The Kier molecular flexibility index (Phi) is 3.18. The van der Waals surface area contributed by atoms with Crippen LogP contribution in [-0.4, -0.2) is 16.8 Å². The molecule has 1 N–H and O–H groups in total. The van der Waals surface area contributed by atoms with Crippen molar-refractivity contribution in [2.75, 3.05) is 7.05 Å². The molecule has 0 atom stereocenters. The second-order valence-electron chi connectivity index (χ2n) is 3.27. The first-order chi connectivity index (χ1) is 7.31. The molecule has 0 unspecified atom stereocenters. The Morgan fingerprint density at radius 3 is 2.93 bits per heavy atom. The molecule has 1 heterocycles. The van der Waals surface area contributed by atoms with Gasteiger partial charge >= 0.3 is 0 Å². The summed E-state index contributed by atoms with van der Waals surface area (Å²) in [5.74, 6) is 0. The van der Waals surface area contributed by atoms with Crippen LogP contribution in [0.1, 0.15) is 5.56 Å². The number of aromatic nitrogens is 2. The zero-order chi connectivity index (χ0) is 10.7. The molecule has 0 bridgehead atoms. The quantitative estimate of drug-likeness (QED) is 0.924. The van der Waals surface area contributed by atoms with E-state index in [0.717, 1.165) is 16.7 Å². The van der Waals surface area contributed by atoms with Crippen molar-refractivity contribution in [3.8, 4) is 5.69 Å². The molecule has 0 aliphatic heterocycles. The van der Waals surface area contributed by atoms with Gasteiger partial charge in [0, 0.05) is 22.8 Å². The Bertz CT molecular complexity index is 451. The maximum Gasteiger partial charge on any atom is 0.0787 e. The van der Waals surface area contributed by atoms with E-state index < -0.39 is 0 Å². The van der Waals surface area contributed by atoms with Gasteiger partial charge < -0.3 is 5.32 Å². The van der Waals surface area contributed by atoms with E-state index in [9.17, 15) is 0 Å². The summed E-state index contributed by atoms with van der Waals surface area (Å²) in [4.78, 5) is 0. The van der Waals surface area contributed by atoms with Gasteiger partial charge in [0.05, 0.1) is 11.9 Å². The normalized spacial score (nSPS) is 10.5. The van der Waals surface area contributed by atoms with Crippen molar-refractivity contribution in [3.63, 3.8) is 0 Å². The van der Waals surface area contributed by atoms with Crippen LogP contribution in [-0.2, 0) is 6.54 Å². The van der Waals surface area contributed by atoms with Crippen molar-refractivity contribution in [1.82, 2.24) is 15.1 Å². The summed E-state index contributed by atoms with van der Waals surface area (Å²) in [5, 5.41) is 7.41. The Morgan fingerprint density at radius 1 is 1.40 bits per heavy atom. The standard InChI is InChI=1S/C11H12BrN3/c1-13-6-9-7-14-15(8-9)11-5-3-2-4-10(11)12/h2-5,7-8,13H,6H2,1H3. The van der Waals surface area contributed by atoms with Gasteiger partial charge in [-0.2, -0.15) is 5.10 Å². The molecular weight excluding hydrogens is 254 g/mol. The predicted molar refractivity (Wildman–Crippen MR) is 64.0 cm³/mol. The molecule has 0 aliphatic carbocycles. The Morgan fingerprint density at radius 2 is 2.20 bits per heavy atom. The summed E-state index contributed by atoms with van der Waals surface area (Å²) in [6, 6.07) is 8.03. The first-order valence-electron chi connectivity index (χ1n) is 4.74. The van der Waals surface area contributed by atoms with Crippen molar-refractivity contribution in [2.24, 2.45) is 0 Å². The van der Waals surface area contributed by atoms with Crippen molar-refractivity contribution in [2.45, 2.75) is 6.54 Å². The summed E-state index contributed by atoms with van der Waals surface area (Å²) in [7, 11) is 1.93. The molecule has 0 fully saturated rings. The number of halogens is 1. The average molecular weight is 266 g/mol. The highest BCUT2D eigenvalue weighted by Gasteiger charge is 2.03. The van der Waals surface area contributed by atoms with Crippen molar-refractivity contribution >= 4 is 15.9 Å². The first kappa shape index (κ1) is 10.4. The molecule has 0 saturated carbocycles. The van der Waals surface area contributed by atoms with Crippen molar-refractivity contribution in [3.05, 3.63) is 46.7 Å². The number of benzene rings is 1. The van der Waals surface area contributed by atoms with Crippen LogP contribution < -0.4 is 5.32 Å². The third kappa shape index (κ3) is 2.27.